The number of aromatic nitrogens is 1. The quantitative estimate of drug-likeness (QED) is 0.853. The van der Waals surface area contributed by atoms with Crippen LogP contribution in [0.4, 0.5) is 18.9 Å². The van der Waals surface area contributed by atoms with Crippen molar-refractivity contribution in [3.05, 3.63) is 24.0 Å². The van der Waals surface area contributed by atoms with E-state index in [2.05, 4.69) is 4.98 Å². The van der Waals surface area contributed by atoms with E-state index in [0.29, 0.717) is 0 Å². The van der Waals surface area contributed by atoms with Gasteiger partial charge in [-0.1, -0.05) is 20.8 Å². The van der Waals surface area contributed by atoms with Crippen LogP contribution in [-0.4, -0.2) is 19.7 Å². The molecular formula is C13H21F3N2OSi. The zero-order valence-electron chi connectivity index (χ0n) is 12.4. The van der Waals surface area contributed by atoms with Gasteiger partial charge < -0.3 is 10.2 Å². The highest BCUT2D eigenvalue weighted by Crippen LogP contribution is 2.44. The predicted octanol–water partition coefficient (Wildman–Crippen LogP) is 4.07. The monoisotopic (exact) mass is 306 g/mol. The maximum Gasteiger partial charge on any atom is 0.304 e. The van der Waals surface area contributed by atoms with Gasteiger partial charge in [-0.05, 0) is 30.3 Å². The minimum Gasteiger partial charge on any atom is -0.397 e. The molecule has 0 aliphatic heterocycles. The lowest BCUT2D eigenvalue weighted by Crippen LogP contribution is -2.49. The molecule has 114 valence electrons. The number of hydrogen-bond acceptors (Lipinski definition) is 3. The first-order valence-corrected chi connectivity index (χ1v) is 9.20. The highest BCUT2D eigenvalue weighted by atomic mass is 28.4. The Morgan fingerprint density at radius 1 is 1.25 bits per heavy atom. The van der Waals surface area contributed by atoms with Crippen LogP contribution in [0.1, 0.15) is 26.5 Å². The maximum atomic E-state index is 14.8. The van der Waals surface area contributed by atoms with E-state index in [-0.39, 0.29) is 5.69 Å². The molecule has 0 radical (unpaired) electrons. The van der Waals surface area contributed by atoms with Crippen LogP contribution >= 0.6 is 0 Å². The Balaban J connectivity index is 3.20. The molecule has 0 saturated heterocycles. The van der Waals surface area contributed by atoms with Crippen molar-refractivity contribution in [2.75, 3.05) is 5.73 Å². The molecule has 1 rings (SSSR count). The SMILES string of the molecule is CC(C)(C)[Si](C)(C)OC(F)(c1ccc(N)cn1)C(F)F. The highest BCUT2D eigenvalue weighted by Gasteiger charge is 2.52. The molecule has 0 aliphatic carbocycles. The summed E-state index contributed by atoms with van der Waals surface area (Å²) < 4.78 is 46.5. The van der Waals surface area contributed by atoms with E-state index in [0.717, 1.165) is 12.3 Å². The number of hydrogen-bond donors (Lipinski definition) is 1. The van der Waals surface area contributed by atoms with E-state index in [4.69, 9.17) is 10.2 Å². The fraction of sp³-hybridized carbons (Fsp3) is 0.615. The van der Waals surface area contributed by atoms with Crippen molar-refractivity contribution in [2.45, 2.75) is 51.2 Å². The number of pyridine rings is 1. The number of nitrogens with two attached hydrogens (primary N) is 1. The zero-order chi connectivity index (χ0) is 15.8. The first-order valence-electron chi connectivity index (χ1n) is 6.29. The average molecular weight is 306 g/mol. The molecule has 1 atom stereocenters. The Morgan fingerprint density at radius 3 is 2.15 bits per heavy atom. The summed E-state index contributed by atoms with van der Waals surface area (Å²) in [6.07, 6.45) is -2.19. The van der Waals surface area contributed by atoms with Crippen LogP contribution < -0.4 is 5.73 Å². The van der Waals surface area contributed by atoms with Crippen molar-refractivity contribution in [2.24, 2.45) is 0 Å². The third-order valence-corrected chi connectivity index (χ3v) is 8.05. The number of rotatable bonds is 4. The van der Waals surface area contributed by atoms with Crippen LogP contribution in [0.25, 0.3) is 0 Å². The van der Waals surface area contributed by atoms with Gasteiger partial charge in [-0.15, -0.1) is 0 Å². The molecule has 0 aliphatic rings. The van der Waals surface area contributed by atoms with E-state index in [9.17, 15) is 13.2 Å². The van der Waals surface area contributed by atoms with Crippen LogP contribution in [0.5, 0.6) is 0 Å². The van der Waals surface area contributed by atoms with Gasteiger partial charge in [-0.3, -0.25) is 4.98 Å². The summed E-state index contributed by atoms with van der Waals surface area (Å²) in [5.74, 6) is -3.21. The summed E-state index contributed by atoms with van der Waals surface area (Å²) in [6, 6.07) is 2.46. The van der Waals surface area contributed by atoms with Gasteiger partial charge in [0, 0.05) is 0 Å². The largest absolute Gasteiger partial charge is 0.397 e. The van der Waals surface area contributed by atoms with Crippen LogP contribution in [0.2, 0.25) is 18.1 Å². The van der Waals surface area contributed by atoms with Crippen LogP contribution in [-0.2, 0) is 10.3 Å². The molecule has 1 aromatic rings. The lowest BCUT2D eigenvalue weighted by atomic mass is 10.2. The van der Waals surface area contributed by atoms with Gasteiger partial charge in [0.15, 0.2) is 8.32 Å². The molecule has 20 heavy (non-hydrogen) atoms. The lowest BCUT2D eigenvalue weighted by Gasteiger charge is -2.41. The Bertz CT molecular complexity index is 460. The maximum absolute atomic E-state index is 14.8. The molecule has 1 unspecified atom stereocenters. The number of anilines is 1. The summed E-state index contributed by atoms with van der Waals surface area (Å²) in [4.78, 5) is 3.66. The Morgan fingerprint density at radius 2 is 1.80 bits per heavy atom. The van der Waals surface area contributed by atoms with E-state index in [1.165, 1.54) is 6.07 Å². The molecule has 0 aromatic carbocycles. The molecule has 0 fully saturated rings. The summed E-state index contributed by atoms with van der Waals surface area (Å²) in [5.41, 5.74) is 5.26. The molecule has 7 heteroatoms. The van der Waals surface area contributed by atoms with Crippen molar-refractivity contribution in [1.82, 2.24) is 4.98 Å². The molecule has 1 heterocycles. The first-order chi connectivity index (χ1) is 8.90. The third kappa shape index (κ3) is 3.32. The first kappa shape index (κ1) is 17.0. The molecule has 1 aromatic heterocycles. The van der Waals surface area contributed by atoms with Gasteiger partial charge in [-0.2, -0.15) is 4.39 Å². The third-order valence-electron chi connectivity index (χ3n) is 3.63. The lowest BCUT2D eigenvalue weighted by molar-refractivity contribution is -0.185. The molecule has 3 nitrogen and oxygen atoms in total. The second-order valence-corrected chi connectivity index (χ2v) is 11.0. The van der Waals surface area contributed by atoms with E-state index >= 15 is 0 Å². The summed E-state index contributed by atoms with van der Waals surface area (Å²) >= 11 is 0. The summed E-state index contributed by atoms with van der Waals surface area (Å²) in [5, 5.41) is -0.396. The molecule has 0 bridgehead atoms. The highest BCUT2D eigenvalue weighted by molar-refractivity contribution is 6.74. The zero-order valence-corrected chi connectivity index (χ0v) is 13.4. The van der Waals surface area contributed by atoms with Crippen molar-refractivity contribution in [3.8, 4) is 0 Å². The fourth-order valence-corrected chi connectivity index (χ4v) is 2.58. The molecule has 0 saturated carbocycles. The van der Waals surface area contributed by atoms with Gasteiger partial charge in [0.25, 0.3) is 0 Å². The molecule has 2 N–H and O–H groups in total. The standard InChI is InChI=1S/C13H21F3N2OSi/c1-12(2,3)20(4,5)19-13(16,11(14)15)10-7-6-9(17)8-18-10/h6-8,11H,17H2,1-5H3. The molecule has 0 spiro atoms. The minimum absolute atomic E-state index is 0.276. The van der Waals surface area contributed by atoms with Gasteiger partial charge in [0.2, 0.25) is 0 Å². The second kappa shape index (κ2) is 5.36. The van der Waals surface area contributed by atoms with Crippen molar-refractivity contribution in [1.29, 1.82) is 0 Å². The van der Waals surface area contributed by atoms with Crippen molar-refractivity contribution in [3.63, 3.8) is 0 Å². The average Bonchev–Trinajstić information content (AvgIpc) is 2.27. The number of nitrogens with zero attached hydrogens (tertiary/aromatic N) is 1. The van der Waals surface area contributed by atoms with Crippen molar-refractivity contribution >= 4 is 14.0 Å². The van der Waals surface area contributed by atoms with Gasteiger partial charge in [0.1, 0.15) is 5.69 Å². The van der Waals surface area contributed by atoms with E-state index in [1.54, 1.807) is 13.1 Å². The van der Waals surface area contributed by atoms with Crippen LogP contribution in [0.15, 0.2) is 18.3 Å². The smallest absolute Gasteiger partial charge is 0.304 e. The molecule has 0 amide bonds. The number of halogens is 3. The topological polar surface area (TPSA) is 48.1 Å². The van der Waals surface area contributed by atoms with Crippen molar-refractivity contribution < 1.29 is 17.6 Å². The fourth-order valence-electron chi connectivity index (χ4n) is 1.34. The summed E-state index contributed by atoms with van der Waals surface area (Å²) in [6.45, 7) is 8.96. The van der Waals surface area contributed by atoms with E-state index < -0.39 is 31.3 Å². The van der Waals surface area contributed by atoms with Crippen LogP contribution in [0.3, 0.4) is 0 Å². The van der Waals surface area contributed by atoms with Gasteiger partial charge >= 0.3 is 12.3 Å². The summed E-state index contributed by atoms with van der Waals surface area (Å²) in [7, 11) is -2.73. The number of nitrogen functional groups attached to an aromatic ring is 1. The Hall–Kier alpha value is -1.08. The van der Waals surface area contributed by atoms with Crippen LogP contribution in [0, 0.1) is 0 Å². The minimum atomic E-state index is -3.33. The second-order valence-electron chi connectivity index (χ2n) is 6.28. The van der Waals surface area contributed by atoms with Gasteiger partial charge in [0.05, 0.1) is 11.9 Å². The Kier molecular flexibility index (Phi) is 4.55. The number of alkyl halides is 3. The normalized spacial score (nSPS) is 16.2. The Labute approximate surface area is 118 Å². The predicted molar refractivity (Wildman–Crippen MR) is 75.7 cm³/mol. The molecular weight excluding hydrogens is 285 g/mol. The van der Waals surface area contributed by atoms with Gasteiger partial charge in [-0.25, -0.2) is 8.78 Å². The van der Waals surface area contributed by atoms with E-state index in [1.807, 2.05) is 20.8 Å².